The SMILES string of the molecule is CCP(=O)(O)c1ccccc1. The van der Waals surface area contributed by atoms with Crippen molar-refractivity contribution in [3.63, 3.8) is 0 Å². The maximum atomic E-state index is 11.3. The molecular weight excluding hydrogens is 159 g/mol. The van der Waals surface area contributed by atoms with Gasteiger partial charge in [-0.25, -0.2) is 0 Å². The van der Waals surface area contributed by atoms with Crippen LogP contribution in [0, 0.1) is 0 Å². The molecule has 0 heterocycles. The maximum Gasteiger partial charge on any atom is 0.229 e. The quantitative estimate of drug-likeness (QED) is 0.684. The highest BCUT2D eigenvalue weighted by atomic mass is 31.2. The fourth-order valence-corrected chi connectivity index (χ4v) is 1.85. The Kier molecular flexibility index (Phi) is 2.48. The topological polar surface area (TPSA) is 37.3 Å². The molecule has 0 saturated carbocycles. The van der Waals surface area contributed by atoms with Gasteiger partial charge in [-0.2, -0.15) is 0 Å². The molecule has 0 aliphatic carbocycles. The Morgan fingerprint density at radius 3 is 2.36 bits per heavy atom. The predicted octanol–water partition coefficient (Wildman–Crippen LogP) is 1.60. The molecule has 2 nitrogen and oxygen atoms in total. The highest BCUT2D eigenvalue weighted by molar-refractivity contribution is 7.66. The van der Waals surface area contributed by atoms with Gasteiger partial charge in [-0.15, -0.1) is 0 Å². The van der Waals surface area contributed by atoms with Crippen LogP contribution in [0.1, 0.15) is 6.92 Å². The van der Waals surface area contributed by atoms with E-state index in [0.717, 1.165) is 0 Å². The first kappa shape index (κ1) is 8.51. The summed E-state index contributed by atoms with van der Waals surface area (Å²) >= 11 is 0. The summed E-state index contributed by atoms with van der Waals surface area (Å²) in [6, 6.07) is 8.75. The van der Waals surface area contributed by atoms with Crippen LogP contribution in [-0.2, 0) is 4.57 Å². The standard InChI is InChI=1S/C8H11O2P/c1-2-11(9,10)8-6-4-3-5-7-8/h3-7H,2H2,1H3,(H,9,10). The highest BCUT2D eigenvalue weighted by Gasteiger charge is 2.16. The molecule has 0 aliphatic rings. The van der Waals surface area contributed by atoms with Gasteiger partial charge in [0, 0.05) is 11.5 Å². The Balaban J connectivity index is 3.03. The first-order chi connectivity index (χ1) is 5.17. The minimum absolute atomic E-state index is 0.303. The molecule has 0 saturated heterocycles. The van der Waals surface area contributed by atoms with Crippen LogP contribution in [0.25, 0.3) is 0 Å². The third-order valence-corrected chi connectivity index (χ3v) is 3.55. The molecule has 1 rings (SSSR count). The van der Waals surface area contributed by atoms with Crippen molar-refractivity contribution in [2.45, 2.75) is 6.92 Å². The van der Waals surface area contributed by atoms with Crippen LogP contribution >= 0.6 is 7.37 Å². The van der Waals surface area contributed by atoms with E-state index < -0.39 is 7.37 Å². The summed E-state index contributed by atoms with van der Waals surface area (Å²) in [5, 5.41) is 0.544. The van der Waals surface area contributed by atoms with E-state index >= 15 is 0 Å². The van der Waals surface area contributed by atoms with Gasteiger partial charge < -0.3 is 4.89 Å². The van der Waals surface area contributed by atoms with Crippen LogP contribution in [0.5, 0.6) is 0 Å². The molecule has 0 spiro atoms. The van der Waals surface area contributed by atoms with E-state index in [1.807, 2.05) is 6.07 Å². The monoisotopic (exact) mass is 170 g/mol. The molecule has 0 fully saturated rings. The summed E-state index contributed by atoms with van der Waals surface area (Å²) in [7, 11) is -3.03. The second kappa shape index (κ2) is 3.21. The summed E-state index contributed by atoms with van der Waals surface area (Å²) in [6.45, 7) is 1.72. The Morgan fingerprint density at radius 2 is 1.91 bits per heavy atom. The first-order valence-electron chi connectivity index (χ1n) is 3.54. The van der Waals surface area contributed by atoms with Gasteiger partial charge in [0.1, 0.15) is 0 Å². The predicted molar refractivity (Wildman–Crippen MR) is 46.4 cm³/mol. The van der Waals surface area contributed by atoms with E-state index in [1.54, 1.807) is 31.2 Å². The first-order valence-corrected chi connectivity index (χ1v) is 5.39. The third kappa shape index (κ3) is 1.92. The average Bonchev–Trinajstić information content (AvgIpc) is 2.06. The second-order valence-corrected chi connectivity index (χ2v) is 4.91. The van der Waals surface area contributed by atoms with Gasteiger partial charge in [-0.1, -0.05) is 25.1 Å². The summed E-state index contributed by atoms with van der Waals surface area (Å²) in [4.78, 5) is 9.35. The Bertz CT molecular complexity index is 269. The lowest BCUT2D eigenvalue weighted by Crippen LogP contribution is -2.04. The van der Waals surface area contributed by atoms with E-state index in [0.29, 0.717) is 11.5 Å². The normalized spacial score (nSPS) is 15.8. The van der Waals surface area contributed by atoms with Crippen LogP contribution < -0.4 is 5.30 Å². The fraction of sp³-hybridized carbons (Fsp3) is 0.250. The maximum absolute atomic E-state index is 11.3. The largest absolute Gasteiger partial charge is 0.341 e. The molecule has 0 aromatic heterocycles. The van der Waals surface area contributed by atoms with Gasteiger partial charge in [-0.05, 0) is 12.1 Å². The minimum Gasteiger partial charge on any atom is -0.341 e. The molecule has 0 radical (unpaired) electrons. The zero-order chi connectivity index (χ0) is 8.32. The van der Waals surface area contributed by atoms with Crippen molar-refractivity contribution in [3.8, 4) is 0 Å². The number of hydrogen-bond donors (Lipinski definition) is 1. The van der Waals surface area contributed by atoms with Crippen molar-refractivity contribution in [1.82, 2.24) is 0 Å². The lowest BCUT2D eigenvalue weighted by atomic mass is 10.4. The summed E-state index contributed by atoms with van der Waals surface area (Å²) < 4.78 is 11.3. The van der Waals surface area contributed by atoms with Gasteiger partial charge >= 0.3 is 0 Å². The summed E-state index contributed by atoms with van der Waals surface area (Å²) in [5.41, 5.74) is 0. The highest BCUT2D eigenvalue weighted by Crippen LogP contribution is 2.37. The molecule has 1 atom stereocenters. The van der Waals surface area contributed by atoms with Crippen LogP contribution in [0.2, 0.25) is 0 Å². The number of benzene rings is 1. The zero-order valence-corrected chi connectivity index (χ0v) is 7.29. The molecule has 1 N–H and O–H groups in total. The smallest absolute Gasteiger partial charge is 0.229 e. The molecule has 11 heavy (non-hydrogen) atoms. The van der Waals surface area contributed by atoms with Crippen molar-refractivity contribution >= 4 is 12.7 Å². The molecule has 0 aliphatic heterocycles. The average molecular weight is 170 g/mol. The summed E-state index contributed by atoms with van der Waals surface area (Å²) in [5.74, 6) is 0. The van der Waals surface area contributed by atoms with Crippen LogP contribution in [0.4, 0.5) is 0 Å². The van der Waals surface area contributed by atoms with Crippen molar-refractivity contribution < 1.29 is 9.46 Å². The number of rotatable bonds is 2. The van der Waals surface area contributed by atoms with Gasteiger partial charge in [-0.3, -0.25) is 4.57 Å². The molecule has 0 amide bonds. The van der Waals surface area contributed by atoms with Crippen molar-refractivity contribution in [2.24, 2.45) is 0 Å². The Labute approximate surface area is 66.3 Å². The third-order valence-electron chi connectivity index (χ3n) is 1.59. The Hall–Kier alpha value is -0.590. The second-order valence-electron chi connectivity index (χ2n) is 2.35. The molecule has 1 aromatic rings. The minimum atomic E-state index is -3.03. The van der Waals surface area contributed by atoms with E-state index in [-0.39, 0.29) is 0 Å². The lowest BCUT2D eigenvalue weighted by molar-refractivity contribution is 0.491. The van der Waals surface area contributed by atoms with Crippen LogP contribution in [0.3, 0.4) is 0 Å². The summed E-state index contributed by atoms with van der Waals surface area (Å²) in [6.07, 6.45) is 0.303. The molecule has 60 valence electrons. The molecular formula is C8H11O2P. The lowest BCUT2D eigenvalue weighted by Gasteiger charge is -2.07. The zero-order valence-electron chi connectivity index (χ0n) is 6.40. The van der Waals surface area contributed by atoms with Crippen molar-refractivity contribution in [2.75, 3.05) is 6.16 Å². The van der Waals surface area contributed by atoms with Crippen LogP contribution in [-0.4, -0.2) is 11.1 Å². The van der Waals surface area contributed by atoms with E-state index in [2.05, 4.69) is 0 Å². The number of hydrogen-bond acceptors (Lipinski definition) is 1. The van der Waals surface area contributed by atoms with Gasteiger partial charge in [0.05, 0.1) is 0 Å². The fourth-order valence-electron chi connectivity index (χ4n) is 0.844. The van der Waals surface area contributed by atoms with Crippen LogP contribution in [0.15, 0.2) is 30.3 Å². The van der Waals surface area contributed by atoms with E-state index in [1.165, 1.54) is 0 Å². The van der Waals surface area contributed by atoms with Gasteiger partial charge in [0.15, 0.2) is 0 Å². The Morgan fingerprint density at radius 1 is 1.36 bits per heavy atom. The molecule has 0 bridgehead atoms. The van der Waals surface area contributed by atoms with Gasteiger partial charge in [0.25, 0.3) is 0 Å². The molecule has 1 aromatic carbocycles. The van der Waals surface area contributed by atoms with Crippen molar-refractivity contribution in [1.29, 1.82) is 0 Å². The molecule has 1 unspecified atom stereocenters. The van der Waals surface area contributed by atoms with Crippen molar-refractivity contribution in [3.05, 3.63) is 30.3 Å². The van der Waals surface area contributed by atoms with E-state index in [4.69, 9.17) is 0 Å². The molecule has 3 heteroatoms. The van der Waals surface area contributed by atoms with E-state index in [9.17, 15) is 9.46 Å². The van der Waals surface area contributed by atoms with Gasteiger partial charge in [0.2, 0.25) is 7.37 Å².